The van der Waals surface area contributed by atoms with Gasteiger partial charge in [-0.15, -0.1) is 0 Å². The highest BCUT2D eigenvalue weighted by molar-refractivity contribution is 5.96. The van der Waals surface area contributed by atoms with Crippen molar-refractivity contribution in [2.45, 2.75) is 26.7 Å². The van der Waals surface area contributed by atoms with Crippen molar-refractivity contribution >= 4 is 11.6 Å². The van der Waals surface area contributed by atoms with Gasteiger partial charge in [0, 0.05) is 18.5 Å². The molecule has 0 spiro atoms. The van der Waals surface area contributed by atoms with Gasteiger partial charge in [0.1, 0.15) is 11.5 Å². The van der Waals surface area contributed by atoms with Gasteiger partial charge in [-0.25, -0.2) is 0 Å². The Balaban J connectivity index is 2.65. The number of carbonyl (C=O) groups is 2. The fourth-order valence-corrected chi connectivity index (χ4v) is 1.12. The third kappa shape index (κ3) is 3.09. The van der Waals surface area contributed by atoms with Gasteiger partial charge in [-0.2, -0.15) is 0 Å². The van der Waals surface area contributed by atoms with E-state index in [2.05, 4.69) is 4.98 Å². The van der Waals surface area contributed by atoms with Crippen molar-refractivity contribution < 1.29 is 9.59 Å². The normalized spacial score (nSPS) is 9.86. The number of pyridine rings is 1. The van der Waals surface area contributed by atoms with E-state index in [1.54, 1.807) is 12.1 Å². The minimum absolute atomic E-state index is 0.0333. The van der Waals surface area contributed by atoms with Crippen molar-refractivity contribution in [2.24, 2.45) is 0 Å². The van der Waals surface area contributed by atoms with Gasteiger partial charge in [0.15, 0.2) is 5.78 Å². The standard InChI is InChI=1S/C11H13NO2/c1-8-4-3-5-10(12-8)11(14)7-6-9(2)13/h3-5H,6-7H2,1-2H3. The molecular formula is C11H13NO2. The Kier molecular flexibility index (Phi) is 3.51. The first-order valence-electron chi connectivity index (χ1n) is 4.56. The molecule has 0 radical (unpaired) electrons. The Hall–Kier alpha value is -1.51. The van der Waals surface area contributed by atoms with Gasteiger partial charge in [-0.05, 0) is 26.0 Å². The van der Waals surface area contributed by atoms with E-state index < -0.39 is 0 Å². The lowest BCUT2D eigenvalue weighted by Gasteiger charge is -1.99. The van der Waals surface area contributed by atoms with E-state index in [0.29, 0.717) is 12.1 Å². The zero-order valence-electron chi connectivity index (χ0n) is 8.41. The largest absolute Gasteiger partial charge is 0.300 e. The summed E-state index contributed by atoms with van der Waals surface area (Å²) in [6.45, 7) is 3.32. The molecule has 0 aliphatic rings. The summed E-state index contributed by atoms with van der Waals surface area (Å²) in [5.41, 5.74) is 1.27. The van der Waals surface area contributed by atoms with Crippen LogP contribution in [0.25, 0.3) is 0 Å². The number of ketones is 2. The van der Waals surface area contributed by atoms with Crippen LogP contribution in [0, 0.1) is 6.92 Å². The maximum Gasteiger partial charge on any atom is 0.181 e. The molecule has 1 heterocycles. The van der Waals surface area contributed by atoms with Crippen LogP contribution < -0.4 is 0 Å². The summed E-state index contributed by atoms with van der Waals surface area (Å²) < 4.78 is 0. The van der Waals surface area contributed by atoms with E-state index in [-0.39, 0.29) is 18.0 Å². The Morgan fingerprint density at radius 2 is 2.00 bits per heavy atom. The predicted molar refractivity (Wildman–Crippen MR) is 53.2 cm³/mol. The SMILES string of the molecule is CC(=O)CCC(=O)c1cccc(C)n1. The zero-order valence-corrected chi connectivity index (χ0v) is 8.41. The molecule has 0 aliphatic carbocycles. The Bertz CT molecular complexity index is 358. The Morgan fingerprint density at radius 3 is 2.57 bits per heavy atom. The van der Waals surface area contributed by atoms with Crippen molar-refractivity contribution in [2.75, 3.05) is 0 Å². The number of hydrogen-bond donors (Lipinski definition) is 0. The number of aryl methyl sites for hydroxylation is 1. The summed E-state index contributed by atoms with van der Waals surface area (Å²) >= 11 is 0. The average Bonchev–Trinajstić information content (AvgIpc) is 2.14. The second-order valence-electron chi connectivity index (χ2n) is 3.29. The van der Waals surface area contributed by atoms with Crippen LogP contribution in [0.15, 0.2) is 18.2 Å². The van der Waals surface area contributed by atoms with E-state index in [1.807, 2.05) is 13.0 Å². The molecule has 1 rings (SSSR count). The number of Topliss-reactive ketones (excluding diaryl/α,β-unsaturated/α-hetero) is 2. The van der Waals surface area contributed by atoms with Crippen molar-refractivity contribution in [3.8, 4) is 0 Å². The fraction of sp³-hybridized carbons (Fsp3) is 0.364. The van der Waals surface area contributed by atoms with Crippen LogP contribution in [-0.2, 0) is 4.79 Å². The number of carbonyl (C=O) groups excluding carboxylic acids is 2. The van der Waals surface area contributed by atoms with Crippen LogP contribution in [0.3, 0.4) is 0 Å². The highest BCUT2D eigenvalue weighted by atomic mass is 16.1. The first-order chi connectivity index (χ1) is 6.59. The van der Waals surface area contributed by atoms with Gasteiger partial charge in [0.25, 0.3) is 0 Å². The second kappa shape index (κ2) is 4.65. The molecule has 0 N–H and O–H groups in total. The average molecular weight is 191 g/mol. The molecule has 1 aromatic rings. The van der Waals surface area contributed by atoms with E-state index in [0.717, 1.165) is 5.69 Å². The van der Waals surface area contributed by atoms with Crippen LogP contribution in [0.5, 0.6) is 0 Å². The molecule has 3 nitrogen and oxygen atoms in total. The van der Waals surface area contributed by atoms with Crippen LogP contribution in [0.2, 0.25) is 0 Å². The van der Waals surface area contributed by atoms with Crippen molar-refractivity contribution in [1.82, 2.24) is 4.98 Å². The summed E-state index contributed by atoms with van der Waals surface area (Å²) in [6.07, 6.45) is 0.556. The molecule has 74 valence electrons. The Morgan fingerprint density at radius 1 is 1.29 bits per heavy atom. The second-order valence-corrected chi connectivity index (χ2v) is 3.29. The lowest BCUT2D eigenvalue weighted by Crippen LogP contribution is -2.04. The van der Waals surface area contributed by atoms with Crippen LogP contribution in [0.1, 0.15) is 35.9 Å². The molecule has 0 aliphatic heterocycles. The van der Waals surface area contributed by atoms with Gasteiger partial charge in [0.2, 0.25) is 0 Å². The number of nitrogens with zero attached hydrogens (tertiary/aromatic N) is 1. The monoisotopic (exact) mass is 191 g/mol. The van der Waals surface area contributed by atoms with Crippen LogP contribution in [-0.4, -0.2) is 16.6 Å². The molecular weight excluding hydrogens is 178 g/mol. The lowest BCUT2D eigenvalue weighted by atomic mass is 10.1. The Labute approximate surface area is 83.2 Å². The molecule has 0 saturated carbocycles. The van der Waals surface area contributed by atoms with Gasteiger partial charge in [-0.1, -0.05) is 6.07 Å². The maximum atomic E-state index is 11.5. The first-order valence-corrected chi connectivity index (χ1v) is 4.56. The molecule has 0 atom stereocenters. The van der Waals surface area contributed by atoms with Gasteiger partial charge in [-0.3, -0.25) is 9.78 Å². The molecule has 0 amide bonds. The van der Waals surface area contributed by atoms with Gasteiger partial charge < -0.3 is 4.79 Å². The molecule has 0 bridgehead atoms. The van der Waals surface area contributed by atoms with Crippen molar-refractivity contribution in [3.63, 3.8) is 0 Å². The fourth-order valence-electron chi connectivity index (χ4n) is 1.12. The van der Waals surface area contributed by atoms with E-state index >= 15 is 0 Å². The van der Waals surface area contributed by atoms with Gasteiger partial charge in [0.05, 0.1) is 0 Å². The van der Waals surface area contributed by atoms with E-state index in [9.17, 15) is 9.59 Å². The topological polar surface area (TPSA) is 47.0 Å². The number of aromatic nitrogens is 1. The maximum absolute atomic E-state index is 11.5. The minimum Gasteiger partial charge on any atom is -0.300 e. The number of hydrogen-bond acceptors (Lipinski definition) is 3. The molecule has 0 unspecified atom stereocenters. The predicted octanol–water partition coefficient (Wildman–Crippen LogP) is 1.94. The van der Waals surface area contributed by atoms with E-state index in [4.69, 9.17) is 0 Å². The summed E-state index contributed by atoms with van der Waals surface area (Å²) in [5.74, 6) is -0.0325. The molecule has 1 aromatic heterocycles. The third-order valence-electron chi connectivity index (χ3n) is 1.88. The van der Waals surface area contributed by atoms with E-state index in [1.165, 1.54) is 6.92 Å². The first kappa shape index (κ1) is 10.6. The molecule has 0 fully saturated rings. The quantitative estimate of drug-likeness (QED) is 0.683. The minimum atomic E-state index is -0.0658. The smallest absolute Gasteiger partial charge is 0.181 e. The molecule has 14 heavy (non-hydrogen) atoms. The van der Waals surface area contributed by atoms with Crippen LogP contribution in [0.4, 0.5) is 0 Å². The summed E-state index contributed by atoms with van der Waals surface area (Å²) in [4.78, 5) is 26.3. The van der Waals surface area contributed by atoms with Crippen LogP contribution >= 0.6 is 0 Å². The summed E-state index contributed by atoms with van der Waals surface area (Å²) in [6, 6.07) is 5.31. The highest BCUT2D eigenvalue weighted by Crippen LogP contribution is 2.04. The third-order valence-corrected chi connectivity index (χ3v) is 1.88. The molecule has 0 aromatic carbocycles. The summed E-state index contributed by atoms with van der Waals surface area (Å²) in [5, 5.41) is 0. The van der Waals surface area contributed by atoms with Crippen molar-refractivity contribution in [1.29, 1.82) is 0 Å². The lowest BCUT2D eigenvalue weighted by molar-refractivity contribution is -0.116. The molecule has 3 heteroatoms. The summed E-state index contributed by atoms with van der Waals surface area (Å²) in [7, 11) is 0. The zero-order chi connectivity index (χ0) is 10.6. The molecule has 0 saturated heterocycles. The van der Waals surface area contributed by atoms with Gasteiger partial charge >= 0.3 is 0 Å². The van der Waals surface area contributed by atoms with Crippen molar-refractivity contribution in [3.05, 3.63) is 29.6 Å². The highest BCUT2D eigenvalue weighted by Gasteiger charge is 2.07. The number of rotatable bonds is 4.